The van der Waals surface area contributed by atoms with Crippen LogP contribution in [0.1, 0.15) is 30.9 Å². The second-order valence-electron chi connectivity index (χ2n) is 8.06. The number of benzene rings is 1. The van der Waals surface area contributed by atoms with Gasteiger partial charge in [0.2, 0.25) is 0 Å². The predicted molar refractivity (Wildman–Crippen MR) is 108 cm³/mol. The molecule has 30 heavy (non-hydrogen) atoms. The molecule has 0 aliphatic carbocycles. The Kier molecular flexibility index (Phi) is 3.91. The normalized spacial score (nSPS) is 20.0. The van der Waals surface area contributed by atoms with Crippen LogP contribution >= 0.6 is 0 Å². The summed E-state index contributed by atoms with van der Waals surface area (Å²) in [6, 6.07) is 7.92. The maximum Gasteiger partial charge on any atom is 0.270 e. The van der Waals surface area contributed by atoms with Crippen LogP contribution in [0, 0.1) is 5.82 Å². The first-order chi connectivity index (χ1) is 14.3. The van der Waals surface area contributed by atoms with Crippen LogP contribution in [0.25, 0.3) is 11.3 Å². The number of ketones is 1. The molecule has 154 valence electrons. The van der Waals surface area contributed by atoms with Crippen LogP contribution in [0.2, 0.25) is 0 Å². The minimum absolute atomic E-state index is 0.204. The lowest BCUT2D eigenvalue weighted by atomic mass is 9.76. The first kappa shape index (κ1) is 18.6. The van der Waals surface area contributed by atoms with Crippen LogP contribution in [0.15, 0.2) is 57.1 Å². The van der Waals surface area contributed by atoms with Crippen LogP contribution in [0.4, 0.5) is 10.2 Å². The van der Waals surface area contributed by atoms with E-state index in [2.05, 4.69) is 10.4 Å². The van der Waals surface area contributed by atoms with Gasteiger partial charge in [0, 0.05) is 18.5 Å². The molecule has 1 aromatic carbocycles. The molecule has 0 amide bonds. The van der Waals surface area contributed by atoms with E-state index in [0.717, 1.165) is 0 Å². The number of rotatable bonds is 2. The number of fused-ring (bicyclic) bond motifs is 1. The van der Waals surface area contributed by atoms with Gasteiger partial charge in [-0.3, -0.25) is 19.4 Å². The van der Waals surface area contributed by atoms with Crippen molar-refractivity contribution in [3.63, 3.8) is 0 Å². The molecule has 0 fully saturated rings. The van der Waals surface area contributed by atoms with Crippen molar-refractivity contribution in [3.8, 4) is 11.3 Å². The number of aromatic nitrogens is 2. The molecule has 0 saturated heterocycles. The number of aryl methyl sites for hydroxylation is 1. The van der Waals surface area contributed by atoms with Gasteiger partial charge in [0.05, 0.1) is 29.7 Å². The molecule has 4 heterocycles. The van der Waals surface area contributed by atoms with Gasteiger partial charge in [-0.05, 0) is 43.7 Å². The number of carbonyl (C=O) groups is 1. The fourth-order valence-electron chi connectivity index (χ4n) is 4.21. The highest BCUT2D eigenvalue weighted by Gasteiger charge is 2.45. The summed E-state index contributed by atoms with van der Waals surface area (Å²) < 4.78 is 27.3. The number of H-pyrrole nitrogens is 1. The third-order valence-electron chi connectivity index (χ3n) is 5.76. The molecule has 8 heteroatoms. The highest BCUT2D eigenvalue weighted by Crippen LogP contribution is 2.45. The summed E-state index contributed by atoms with van der Waals surface area (Å²) in [4.78, 5) is 26.2. The van der Waals surface area contributed by atoms with E-state index in [1.165, 1.54) is 12.3 Å². The van der Waals surface area contributed by atoms with Crippen LogP contribution < -0.4 is 10.9 Å². The van der Waals surface area contributed by atoms with Gasteiger partial charge in [0.25, 0.3) is 5.56 Å². The molecule has 2 aliphatic heterocycles. The third-order valence-corrected chi connectivity index (χ3v) is 5.76. The number of anilines is 1. The van der Waals surface area contributed by atoms with E-state index in [9.17, 15) is 14.0 Å². The highest BCUT2D eigenvalue weighted by molar-refractivity contribution is 6.06. The Morgan fingerprint density at radius 3 is 2.77 bits per heavy atom. The van der Waals surface area contributed by atoms with Crippen LogP contribution in [-0.4, -0.2) is 27.8 Å². The van der Waals surface area contributed by atoms with Crippen molar-refractivity contribution in [1.82, 2.24) is 9.78 Å². The molecule has 2 N–H and O–H groups in total. The summed E-state index contributed by atoms with van der Waals surface area (Å²) in [5.74, 6) is -0.384. The summed E-state index contributed by atoms with van der Waals surface area (Å²) in [5.41, 5.74) is 1.05. The zero-order valence-corrected chi connectivity index (χ0v) is 16.7. The fourth-order valence-corrected chi connectivity index (χ4v) is 4.21. The Hall–Kier alpha value is -3.39. The van der Waals surface area contributed by atoms with Crippen molar-refractivity contribution >= 4 is 11.6 Å². The van der Waals surface area contributed by atoms with Gasteiger partial charge in [-0.1, -0.05) is 6.07 Å². The zero-order valence-electron chi connectivity index (χ0n) is 16.7. The number of ether oxygens (including phenoxy) is 1. The Morgan fingerprint density at radius 2 is 2.03 bits per heavy atom. The van der Waals surface area contributed by atoms with Gasteiger partial charge < -0.3 is 14.5 Å². The van der Waals surface area contributed by atoms with E-state index in [1.807, 2.05) is 0 Å². The first-order valence-corrected chi connectivity index (χ1v) is 9.59. The maximum atomic E-state index is 14.6. The van der Waals surface area contributed by atoms with Crippen molar-refractivity contribution in [2.24, 2.45) is 7.05 Å². The Bertz CT molecular complexity index is 1260. The molecule has 0 radical (unpaired) electrons. The average Bonchev–Trinajstić information content (AvgIpc) is 3.33. The summed E-state index contributed by atoms with van der Waals surface area (Å²) in [6.07, 6.45) is 1.47. The molecular weight excluding hydrogens is 389 g/mol. The topological polar surface area (TPSA) is 89.3 Å². The quantitative estimate of drug-likeness (QED) is 0.678. The maximum absolute atomic E-state index is 14.6. The molecule has 3 aromatic rings. The van der Waals surface area contributed by atoms with Crippen molar-refractivity contribution in [1.29, 1.82) is 0 Å². The number of hydrogen-bond donors (Lipinski definition) is 2. The monoisotopic (exact) mass is 409 g/mol. The van der Waals surface area contributed by atoms with Gasteiger partial charge in [0.1, 0.15) is 23.0 Å². The van der Waals surface area contributed by atoms with Crippen molar-refractivity contribution in [2.45, 2.75) is 25.4 Å². The van der Waals surface area contributed by atoms with Gasteiger partial charge >= 0.3 is 0 Å². The molecule has 7 nitrogen and oxygen atoms in total. The molecule has 2 aromatic heterocycles. The highest BCUT2D eigenvalue weighted by atomic mass is 19.1. The van der Waals surface area contributed by atoms with E-state index in [1.54, 1.807) is 49.8 Å². The summed E-state index contributed by atoms with van der Waals surface area (Å²) in [6.45, 7) is 3.62. The smallest absolute Gasteiger partial charge is 0.270 e. The van der Waals surface area contributed by atoms with Crippen LogP contribution in [0.5, 0.6) is 0 Å². The van der Waals surface area contributed by atoms with Gasteiger partial charge in [-0.15, -0.1) is 0 Å². The number of aromatic amines is 1. The molecule has 0 saturated carbocycles. The van der Waals surface area contributed by atoms with Crippen molar-refractivity contribution in [2.75, 3.05) is 11.9 Å². The van der Waals surface area contributed by atoms with Gasteiger partial charge in [0.15, 0.2) is 5.78 Å². The lowest BCUT2D eigenvalue weighted by Gasteiger charge is -2.38. The van der Waals surface area contributed by atoms with Crippen molar-refractivity contribution < 1.29 is 18.3 Å². The number of nitrogens with one attached hydrogen (secondary N) is 2. The SMILES string of the molecule is Cn1[nH]c(=O)c2c1NC1=C(C(=O)C(C)(C)OC1)C2c1ccc(F)c(-c2ccco2)c1. The number of furan rings is 1. The first-order valence-electron chi connectivity index (χ1n) is 9.59. The summed E-state index contributed by atoms with van der Waals surface area (Å²) in [7, 11) is 1.71. The van der Waals surface area contributed by atoms with E-state index in [-0.39, 0.29) is 23.5 Å². The molecule has 0 spiro atoms. The third kappa shape index (κ3) is 2.60. The predicted octanol–water partition coefficient (Wildman–Crippen LogP) is 3.30. The minimum Gasteiger partial charge on any atom is -0.464 e. The molecule has 1 unspecified atom stereocenters. The summed E-state index contributed by atoms with van der Waals surface area (Å²) >= 11 is 0. The molecule has 5 rings (SSSR count). The molecular formula is C22H20FN3O4. The van der Waals surface area contributed by atoms with Gasteiger partial charge in [-0.25, -0.2) is 4.39 Å². The molecule has 2 aliphatic rings. The molecule has 1 atom stereocenters. The van der Waals surface area contributed by atoms with E-state index in [4.69, 9.17) is 9.15 Å². The average molecular weight is 409 g/mol. The number of hydrogen-bond acceptors (Lipinski definition) is 5. The lowest BCUT2D eigenvalue weighted by Crippen LogP contribution is -2.45. The van der Waals surface area contributed by atoms with Crippen LogP contribution in [-0.2, 0) is 16.6 Å². The largest absolute Gasteiger partial charge is 0.464 e. The number of carbonyl (C=O) groups excluding carboxylic acids is 1. The lowest BCUT2D eigenvalue weighted by molar-refractivity contribution is -0.137. The Morgan fingerprint density at radius 1 is 1.23 bits per heavy atom. The van der Waals surface area contributed by atoms with Crippen molar-refractivity contribution in [3.05, 3.63) is 75.2 Å². The fraction of sp³-hybridized carbons (Fsp3) is 0.273. The van der Waals surface area contributed by atoms with Gasteiger partial charge in [-0.2, -0.15) is 0 Å². The number of Topliss-reactive ketones (excluding diaryl/α,β-unsaturated/α-hetero) is 1. The second kappa shape index (κ2) is 6.30. The number of nitrogens with zero attached hydrogens (tertiary/aromatic N) is 1. The second-order valence-corrected chi connectivity index (χ2v) is 8.06. The molecule has 0 bridgehead atoms. The summed E-state index contributed by atoms with van der Waals surface area (Å²) in [5, 5.41) is 5.93. The number of halogens is 1. The van der Waals surface area contributed by atoms with E-state index < -0.39 is 17.3 Å². The van der Waals surface area contributed by atoms with E-state index in [0.29, 0.717) is 34.0 Å². The zero-order chi connectivity index (χ0) is 21.2. The Balaban J connectivity index is 1.77. The standard InChI is InChI=1S/C22H20FN3O4/c1-22(2)19(27)17-14(10-30-22)24-20-18(21(28)25-26(20)3)16(17)11-6-7-13(23)12(9-11)15-5-4-8-29-15/h4-9,16,24H,10H2,1-3H3,(H,25,28). The Labute approximate surface area is 171 Å². The minimum atomic E-state index is -1.03. The van der Waals surface area contributed by atoms with E-state index >= 15 is 0 Å². The van der Waals surface area contributed by atoms with Crippen LogP contribution in [0.3, 0.4) is 0 Å².